The van der Waals surface area contributed by atoms with E-state index in [0.29, 0.717) is 17.7 Å². The molecule has 2 aliphatic rings. The number of benzene rings is 1. The number of nitrogen functional groups attached to an aromatic ring is 1. The number of anilines is 2. The van der Waals surface area contributed by atoms with Gasteiger partial charge in [0.2, 0.25) is 0 Å². The molecule has 0 radical (unpaired) electrons. The molecule has 0 unspecified atom stereocenters. The number of hydrogen-bond acceptors (Lipinski definition) is 4. The van der Waals surface area contributed by atoms with Gasteiger partial charge in [0.1, 0.15) is 5.82 Å². The highest BCUT2D eigenvalue weighted by Gasteiger charge is 2.37. The number of para-hydroxylation sites is 1. The molecule has 0 spiro atoms. The first-order valence-corrected chi connectivity index (χ1v) is 9.10. The Morgan fingerprint density at radius 1 is 1.21 bits per heavy atom. The second-order valence-corrected chi connectivity index (χ2v) is 7.54. The van der Waals surface area contributed by atoms with Gasteiger partial charge in [0.25, 0.3) is 0 Å². The van der Waals surface area contributed by atoms with Crippen molar-refractivity contribution in [1.29, 1.82) is 0 Å². The molecule has 0 amide bonds. The fraction of sp³-hybridized carbons (Fsp3) is 0.684. The highest BCUT2D eigenvalue weighted by atomic mass is 19.1. The SMILES string of the molecule is COC1CCC(C)(N2CCC(Nc3cccc(F)c3N)CC2)CC1. The summed E-state index contributed by atoms with van der Waals surface area (Å²) in [5.74, 6) is -0.347. The molecular weight excluding hydrogens is 305 g/mol. The molecule has 0 atom stereocenters. The van der Waals surface area contributed by atoms with E-state index >= 15 is 0 Å². The van der Waals surface area contributed by atoms with Crippen LogP contribution in [0.1, 0.15) is 45.4 Å². The number of rotatable bonds is 4. The Balaban J connectivity index is 1.53. The lowest BCUT2D eigenvalue weighted by atomic mass is 9.79. The first kappa shape index (κ1) is 17.5. The van der Waals surface area contributed by atoms with Gasteiger partial charge in [0, 0.05) is 31.8 Å². The Morgan fingerprint density at radius 3 is 2.50 bits per heavy atom. The maximum absolute atomic E-state index is 13.6. The molecule has 1 aromatic rings. The summed E-state index contributed by atoms with van der Waals surface area (Å²) >= 11 is 0. The maximum atomic E-state index is 13.6. The number of nitrogens with one attached hydrogen (secondary N) is 1. The molecule has 2 fully saturated rings. The van der Waals surface area contributed by atoms with Gasteiger partial charge in [-0.15, -0.1) is 0 Å². The summed E-state index contributed by atoms with van der Waals surface area (Å²) in [5.41, 5.74) is 7.08. The highest BCUT2D eigenvalue weighted by molar-refractivity contribution is 5.66. The monoisotopic (exact) mass is 335 g/mol. The van der Waals surface area contributed by atoms with Crippen molar-refractivity contribution >= 4 is 11.4 Å². The number of nitrogens with two attached hydrogens (primary N) is 1. The largest absolute Gasteiger partial charge is 0.395 e. The van der Waals surface area contributed by atoms with E-state index in [0.717, 1.165) is 44.5 Å². The Labute approximate surface area is 144 Å². The number of halogens is 1. The van der Waals surface area contributed by atoms with E-state index in [9.17, 15) is 4.39 Å². The lowest BCUT2D eigenvalue weighted by Gasteiger charge is -2.48. The lowest BCUT2D eigenvalue weighted by Crippen LogP contribution is -2.53. The molecule has 3 rings (SSSR count). The molecule has 1 heterocycles. The average Bonchev–Trinajstić information content (AvgIpc) is 2.60. The first-order chi connectivity index (χ1) is 11.5. The Kier molecular flexibility index (Phi) is 5.30. The number of ether oxygens (including phenoxy) is 1. The summed E-state index contributed by atoms with van der Waals surface area (Å²) in [4.78, 5) is 2.64. The number of hydrogen-bond donors (Lipinski definition) is 2. The van der Waals surface area contributed by atoms with Crippen molar-refractivity contribution in [2.75, 3.05) is 31.2 Å². The van der Waals surface area contributed by atoms with E-state index in [2.05, 4.69) is 17.1 Å². The molecule has 1 aromatic carbocycles. The first-order valence-electron chi connectivity index (χ1n) is 9.10. The summed E-state index contributed by atoms with van der Waals surface area (Å²) in [7, 11) is 1.82. The molecule has 1 saturated carbocycles. The van der Waals surface area contributed by atoms with Crippen LogP contribution in [0.3, 0.4) is 0 Å². The fourth-order valence-corrected chi connectivity index (χ4v) is 4.21. The number of nitrogens with zero attached hydrogens (tertiary/aromatic N) is 1. The van der Waals surface area contributed by atoms with E-state index < -0.39 is 0 Å². The summed E-state index contributed by atoms with van der Waals surface area (Å²) < 4.78 is 19.1. The molecule has 4 nitrogen and oxygen atoms in total. The van der Waals surface area contributed by atoms with Crippen LogP contribution in [0, 0.1) is 5.82 Å². The summed E-state index contributed by atoms with van der Waals surface area (Å²) in [6, 6.07) is 5.33. The molecule has 5 heteroatoms. The third kappa shape index (κ3) is 3.67. The van der Waals surface area contributed by atoms with Crippen molar-refractivity contribution in [2.24, 2.45) is 0 Å². The number of likely N-dealkylation sites (tertiary alicyclic amines) is 1. The zero-order valence-electron chi connectivity index (χ0n) is 14.9. The van der Waals surface area contributed by atoms with Gasteiger partial charge in [-0.2, -0.15) is 0 Å². The van der Waals surface area contributed by atoms with Crippen molar-refractivity contribution in [3.63, 3.8) is 0 Å². The van der Waals surface area contributed by atoms with Crippen LogP contribution in [0.4, 0.5) is 15.8 Å². The van der Waals surface area contributed by atoms with Crippen LogP contribution in [-0.4, -0.2) is 42.8 Å². The molecule has 0 aromatic heterocycles. The van der Waals surface area contributed by atoms with E-state index in [1.807, 2.05) is 13.2 Å². The maximum Gasteiger partial charge on any atom is 0.148 e. The third-order valence-electron chi connectivity index (χ3n) is 6.01. The third-order valence-corrected chi connectivity index (χ3v) is 6.01. The predicted molar refractivity (Wildman–Crippen MR) is 96.7 cm³/mol. The average molecular weight is 335 g/mol. The van der Waals surface area contributed by atoms with Crippen LogP contribution in [0.2, 0.25) is 0 Å². The zero-order chi connectivity index (χ0) is 17.2. The number of piperidine rings is 1. The van der Waals surface area contributed by atoms with Gasteiger partial charge in [-0.05, 0) is 57.6 Å². The zero-order valence-corrected chi connectivity index (χ0v) is 14.9. The van der Waals surface area contributed by atoms with Crippen LogP contribution in [-0.2, 0) is 4.74 Å². The smallest absolute Gasteiger partial charge is 0.148 e. The van der Waals surface area contributed by atoms with Crippen molar-refractivity contribution in [3.8, 4) is 0 Å². The molecule has 1 aliphatic heterocycles. The highest BCUT2D eigenvalue weighted by Crippen LogP contribution is 2.36. The molecular formula is C19H30FN3O. The van der Waals surface area contributed by atoms with Crippen LogP contribution < -0.4 is 11.1 Å². The normalized spacial score (nSPS) is 29.5. The number of methoxy groups -OCH3 is 1. The second kappa shape index (κ2) is 7.28. The van der Waals surface area contributed by atoms with E-state index in [1.54, 1.807) is 6.07 Å². The van der Waals surface area contributed by atoms with E-state index in [-0.39, 0.29) is 11.5 Å². The van der Waals surface area contributed by atoms with Crippen molar-refractivity contribution < 1.29 is 9.13 Å². The quantitative estimate of drug-likeness (QED) is 0.825. The molecule has 3 N–H and O–H groups in total. The van der Waals surface area contributed by atoms with Crippen LogP contribution in [0.5, 0.6) is 0 Å². The van der Waals surface area contributed by atoms with E-state index in [1.165, 1.54) is 18.9 Å². The minimum Gasteiger partial charge on any atom is -0.395 e. The lowest BCUT2D eigenvalue weighted by molar-refractivity contribution is -0.0105. The minimum absolute atomic E-state index is 0.227. The van der Waals surface area contributed by atoms with Gasteiger partial charge in [0.15, 0.2) is 0 Å². The predicted octanol–water partition coefficient (Wildman–Crippen LogP) is 3.63. The standard InChI is InChI=1S/C19H30FN3O/c1-19(10-6-15(24-2)7-11-19)23-12-8-14(9-13-23)22-17-5-3-4-16(20)18(17)21/h3-5,14-15,22H,6-13,21H2,1-2H3. The van der Waals surface area contributed by atoms with Gasteiger partial charge in [-0.3, -0.25) is 4.90 Å². The van der Waals surface area contributed by atoms with Gasteiger partial charge in [-0.25, -0.2) is 4.39 Å². The van der Waals surface area contributed by atoms with Crippen LogP contribution in [0.15, 0.2) is 18.2 Å². The van der Waals surface area contributed by atoms with Crippen molar-refractivity contribution in [2.45, 2.75) is 63.1 Å². The summed E-state index contributed by atoms with van der Waals surface area (Å²) in [6.07, 6.45) is 7.31. The Morgan fingerprint density at radius 2 is 1.88 bits per heavy atom. The molecule has 1 aliphatic carbocycles. The molecule has 134 valence electrons. The van der Waals surface area contributed by atoms with Crippen LogP contribution >= 0.6 is 0 Å². The van der Waals surface area contributed by atoms with Crippen molar-refractivity contribution in [1.82, 2.24) is 4.90 Å². The Bertz CT molecular complexity index is 550. The molecule has 24 heavy (non-hydrogen) atoms. The molecule has 0 bridgehead atoms. The van der Waals surface area contributed by atoms with Crippen molar-refractivity contribution in [3.05, 3.63) is 24.0 Å². The van der Waals surface area contributed by atoms with Gasteiger partial charge < -0.3 is 15.8 Å². The van der Waals surface area contributed by atoms with Crippen LogP contribution in [0.25, 0.3) is 0 Å². The van der Waals surface area contributed by atoms with E-state index in [4.69, 9.17) is 10.5 Å². The molecule has 1 saturated heterocycles. The van der Waals surface area contributed by atoms with Gasteiger partial charge in [-0.1, -0.05) is 6.07 Å². The Hall–Kier alpha value is -1.33. The summed E-state index contributed by atoms with van der Waals surface area (Å²) in [6.45, 7) is 4.57. The fourth-order valence-electron chi connectivity index (χ4n) is 4.21. The topological polar surface area (TPSA) is 50.5 Å². The second-order valence-electron chi connectivity index (χ2n) is 7.54. The van der Waals surface area contributed by atoms with Gasteiger partial charge in [0.05, 0.1) is 17.5 Å². The minimum atomic E-state index is -0.347. The summed E-state index contributed by atoms with van der Waals surface area (Å²) in [5, 5.41) is 3.43. The van der Waals surface area contributed by atoms with Gasteiger partial charge >= 0.3 is 0 Å².